The molecule has 5 heteroatoms. The van der Waals surface area contributed by atoms with Gasteiger partial charge in [0.05, 0.1) is 10.3 Å². The van der Waals surface area contributed by atoms with Crippen LogP contribution in [0.5, 0.6) is 0 Å². The van der Waals surface area contributed by atoms with E-state index in [4.69, 9.17) is 17.3 Å². The topological polar surface area (TPSA) is 26.0 Å². The van der Waals surface area contributed by atoms with E-state index < -0.39 is 17.0 Å². The average molecular weight is 236 g/mol. The summed E-state index contributed by atoms with van der Waals surface area (Å²) in [6, 6.07) is 2.21. The Labute approximate surface area is 89.6 Å². The maximum absolute atomic E-state index is 13.3. The molecular weight excluding hydrogens is 228 g/mol. The van der Waals surface area contributed by atoms with Gasteiger partial charge in [0, 0.05) is 17.4 Å². The Morgan fingerprint density at radius 2 is 2.00 bits per heavy atom. The molecule has 2 atom stereocenters. The van der Waals surface area contributed by atoms with Crippen molar-refractivity contribution < 1.29 is 8.78 Å². The van der Waals surface area contributed by atoms with Crippen LogP contribution in [0.1, 0.15) is 10.9 Å². The zero-order valence-electron chi connectivity index (χ0n) is 7.14. The third-order valence-corrected chi connectivity index (χ3v) is 4.29. The van der Waals surface area contributed by atoms with Crippen molar-refractivity contribution in [3.05, 3.63) is 29.3 Å². The van der Waals surface area contributed by atoms with E-state index in [0.29, 0.717) is 11.4 Å². The highest BCUT2D eigenvalue weighted by Gasteiger charge is 2.35. The number of hydrogen-bond donors (Lipinski definition) is 1. The van der Waals surface area contributed by atoms with Gasteiger partial charge in [-0.3, -0.25) is 0 Å². The van der Waals surface area contributed by atoms with Crippen molar-refractivity contribution in [2.24, 2.45) is 5.73 Å². The molecule has 2 unspecified atom stereocenters. The summed E-state index contributed by atoms with van der Waals surface area (Å²) in [7, 11) is 0. The smallest absolute Gasteiger partial charge is 0.137 e. The second-order valence-electron chi connectivity index (χ2n) is 3.07. The molecule has 0 fully saturated rings. The largest absolute Gasteiger partial charge is 0.329 e. The summed E-state index contributed by atoms with van der Waals surface area (Å²) in [6.07, 6.45) is 0. The first-order chi connectivity index (χ1) is 6.65. The van der Waals surface area contributed by atoms with Gasteiger partial charge in [-0.1, -0.05) is 0 Å². The van der Waals surface area contributed by atoms with Crippen molar-refractivity contribution in [1.29, 1.82) is 0 Å². The monoisotopic (exact) mass is 235 g/mol. The first-order valence-electron chi connectivity index (χ1n) is 4.14. The van der Waals surface area contributed by atoms with Crippen molar-refractivity contribution in [3.8, 4) is 0 Å². The number of fused-ring (bicyclic) bond motifs is 1. The van der Waals surface area contributed by atoms with Crippen molar-refractivity contribution in [3.63, 3.8) is 0 Å². The molecule has 2 N–H and O–H groups in total. The molecule has 1 aliphatic rings. The number of hydrogen-bond acceptors (Lipinski definition) is 2. The Kier molecular flexibility index (Phi) is 2.68. The highest BCUT2D eigenvalue weighted by atomic mass is 35.5. The SMILES string of the molecule is NCC1Sc2c(F)ccc(F)c2C1Cl. The summed E-state index contributed by atoms with van der Waals surface area (Å²) in [6.45, 7) is 0.312. The van der Waals surface area contributed by atoms with Gasteiger partial charge in [0.2, 0.25) is 0 Å². The number of thioether (sulfide) groups is 1. The van der Waals surface area contributed by atoms with E-state index in [9.17, 15) is 8.78 Å². The predicted octanol–water partition coefficient (Wildman–Crippen LogP) is 2.68. The lowest BCUT2D eigenvalue weighted by Gasteiger charge is -2.09. The van der Waals surface area contributed by atoms with Crippen molar-refractivity contribution in [2.45, 2.75) is 15.5 Å². The van der Waals surface area contributed by atoms with E-state index in [1.165, 1.54) is 11.8 Å². The molecule has 2 rings (SSSR count). The van der Waals surface area contributed by atoms with Gasteiger partial charge in [-0.25, -0.2) is 8.78 Å². The summed E-state index contributed by atoms with van der Waals surface area (Å²) in [5.74, 6) is -0.877. The van der Waals surface area contributed by atoms with Crippen LogP contribution in [0.25, 0.3) is 0 Å². The zero-order chi connectivity index (χ0) is 10.3. The molecule has 0 spiro atoms. The molecule has 1 heterocycles. The fourth-order valence-electron chi connectivity index (χ4n) is 1.49. The summed E-state index contributed by atoms with van der Waals surface area (Å²) in [4.78, 5) is 0.306. The molecule has 0 saturated heterocycles. The van der Waals surface area contributed by atoms with Gasteiger partial charge in [0.25, 0.3) is 0 Å². The number of halogens is 3. The molecule has 1 aromatic carbocycles. The minimum Gasteiger partial charge on any atom is -0.329 e. The van der Waals surface area contributed by atoms with Gasteiger partial charge in [-0.05, 0) is 12.1 Å². The molecule has 0 saturated carbocycles. The van der Waals surface area contributed by atoms with Crippen molar-refractivity contribution >= 4 is 23.4 Å². The third-order valence-electron chi connectivity index (χ3n) is 2.20. The molecule has 1 nitrogen and oxygen atoms in total. The first kappa shape index (κ1) is 10.2. The molecule has 1 aliphatic heterocycles. The molecular formula is C9H8ClF2NS. The number of benzene rings is 1. The molecule has 0 aromatic heterocycles. The van der Waals surface area contributed by atoms with E-state index in [1.54, 1.807) is 0 Å². The number of alkyl halides is 1. The lowest BCUT2D eigenvalue weighted by Crippen LogP contribution is -2.17. The van der Waals surface area contributed by atoms with E-state index >= 15 is 0 Å². The molecule has 0 radical (unpaired) electrons. The highest BCUT2D eigenvalue weighted by molar-refractivity contribution is 8.00. The maximum atomic E-state index is 13.3. The maximum Gasteiger partial charge on any atom is 0.137 e. The lowest BCUT2D eigenvalue weighted by atomic mass is 10.1. The van der Waals surface area contributed by atoms with Gasteiger partial charge < -0.3 is 5.73 Å². The van der Waals surface area contributed by atoms with Crippen LogP contribution in [-0.4, -0.2) is 11.8 Å². The van der Waals surface area contributed by atoms with Crippen LogP contribution >= 0.6 is 23.4 Å². The first-order valence-corrected chi connectivity index (χ1v) is 5.45. The van der Waals surface area contributed by atoms with Crippen LogP contribution in [0.15, 0.2) is 17.0 Å². The Hall–Kier alpha value is -0.320. The summed E-state index contributed by atoms with van der Waals surface area (Å²) >= 11 is 7.19. The average Bonchev–Trinajstić information content (AvgIpc) is 2.51. The highest BCUT2D eigenvalue weighted by Crippen LogP contribution is 2.49. The fourth-order valence-corrected chi connectivity index (χ4v) is 3.21. The Balaban J connectivity index is 2.52. The Morgan fingerprint density at radius 3 is 2.57 bits per heavy atom. The fraction of sp³-hybridized carbons (Fsp3) is 0.333. The van der Waals surface area contributed by atoms with Crippen LogP contribution in [-0.2, 0) is 0 Å². The van der Waals surface area contributed by atoms with E-state index in [1.807, 2.05) is 0 Å². The molecule has 0 aliphatic carbocycles. The van der Waals surface area contributed by atoms with Crippen LogP contribution in [0.3, 0.4) is 0 Å². The van der Waals surface area contributed by atoms with Crippen LogP contribution in [0, 0.1) is 11.6 Å². The van der Waals surface area contributed by atoms with E-state index in [-0.39, 0.29) is 10.8 Å². The third kappa shape index (κ3) is 1.42. The standard InChI is InChI=1S/C9H8ClF2NS/c10-8-6(3-13)14-9-5(12)2-1-4(11)7(8)9/h1-2,6,8H,3,13H2. The van der Waals surface area contributed by atoms with Crippen LogP contribution in [0.2, 0.25) is 0 Å². The van der Waals surface area contributed by atoms with Gasteiger partial charge in [0.15, 0.2) is 0 Å². The molecule has 1 aromatic rings. The minimum absolute atomic E-state index is 0.141. The van der Waals surface area contributed by atoms with Crippen LogP contribution < -0.4 is 5.73 Å². The number of nitrogens with two attached hydrogens (primary N) is 1. The van der Waals surface area contributed by atoms with Gasteiger partial charge in [-0.15, -0.1) is 23.4 Å². The second-order valence-corrected chi connectivity index (χ2v) is 4.79. The van der Waals surface area contributed by atoms with Crippen molar-refractivity contribution in [1.82, 2.24) is 0 Å². The molecule has 0 amide bonds. The molecule has 76 valence electrons. The number of rotatable bonds is 1. The Bertz CT molecular complexity index is 372. The summed E-state index contributed by atoms with van der Waals surface area (Å²) < 4.78 is 26.6. The van der Waals surface area contributed by atoms with Gasteiger partial charge in [0.1, 0.15) is 11.6 Å². The van der Waals surface area contributed by atoms with E-state index in [0.717, 1.165) is 12.1 Å². The molecule has 14 heavy (non-hydrogen) atoms. The minimum atomic E-state index is -0.532. The van der Waals surface area contributed by atoms with Crippen LogP contribution in [0.4, 0.5) is 8.78 Å². The van der Waals surface area contributed by atoms with Gasteiger partial charge >= 0.3 is 0 Å². The predicted molar refractivity (Wildman–Crippen MR) is 53.7 cm³/mol. The summed E-state index contributed by atoms with van der Waals surface area (Å²) in [5.41, 5.74) is 5.71. The van der Waals surface area contributed by atoms with Gasteiger partial charge in [-0.2, -0.15) is 0 Å². The zero-order valence-corrected chi connectivity index (χ0v) is 8.71. The second kappa shape index (κ2) is 3.68. The lowest BCUT2D eigenvalue weighted by molar-refractivity contribution is 0.563. The molecule has 0 bridgehead atoms. The quantitative estimate of drug-likeness (QED) is 0.758. The Morgan fingerprint density at radius 1 is 1.36 bits per heavy atom. The van der Waals surface area contributed by atoms with Crippen molar-refractivity contribution in [2.75, 3.05) is 6.54 Å². The normalized spacial score (nSPS) is 25.1. The summed E-state index contributed by atoms with van der Waals surface area (Å²) in [5, 5.41) is -0.672. The van der Waals surface area contributed by atoms with E-state index in [2.05, 4.69) is 0 Å².